The molecule has 1 aromatic carbocycles. The smallest absolute Gasteiger partial charge is 0.330 e. The second kappa shape index (κ2) is 8.80. The summed E-state index contributed by atoms with van der Waals surface area (Å²) in [5.41, 5.74) is 0.433. The summed E-state index contributed by atoms with van der Waals surface area (Å²) in [6, 6.07) is 5.69. The molecule has 0 bridgehead atoms. The van der Waals surface area contributed by atoms with Gasteiger partial charge in [0.2, 0.25) is 0 Å². The number of aromatic nitrogens is 2. The van der Waals surface area contributed by atoms with E-state index in [9.17, 15) is 13.2 Å². The van der Waals surface area contributed by atoms with E-state index in [0.717, 1.165) is 73.8 Å². The molecule has 0 amide bonds. The van der Waals surface area contributed by atoms with Crippen LogP contribution in [0, 0.1) is 0 Å². The van der Waals surface area contributed by atoms with Crippen molar-refractivity contribution in [2.24, 2.45) is 7.05 Å². The zero-order valence-electron chi connectivity index (χ0n) is 17.3. The number of piperidine rings is 1. The van der Waals surface area contributed by atoms with Crippen LogP contribution in [0.1, 0.15) is 55.0 Å². The summed E-state index contributed by atoms with van der Waals surface area (Å²) in [5.74, 6) is 1.38. The van der Waals surface area contributed by atoms with Gasteiger partial charge in [-0.2, -0.15) is 13.2 Å². The fraction of sp³-hybridized carbons (Fsp3) is 0.458. The van der Waals surface area contributed by atoms with Crippen LogP contribution in [0.25, 0.3) is 12.2 Å². The molecule has 2 aromatic rings. The van der Waals surface area contributed by atoms with Crippen molar-refractivity contribution in [3.63, 3.8) is 0 Å². The molecule has 0 spiro atoms. The maximum Gasteiger partial charge on any atom is 0.416 e. The first-order valence-corrected chi connectivity index (χ1v) is 10.7. The van der Waals surface area contributed by atoms with Gasteiger partial charge in [0.25, 0.3) is 0 Å². The molecule has 0 radical (unpaired) electrons. The van der Waals surface area contributed by atoms with E-state index in [2.05, 4.69) is 40.8 Å². The topological polar surface area (TPSA) is 21.1 Å². The monoisotopic (exact) mass is 415 g/mol. The average molecular weight is 416 g/mol. The van der Waals surface area contributed by atoms with Gasteiger partial charge < -0.3 is 4.57 Å². The van der Waals surface area contributed by atoms with Gasteiger partial charge in [-0.25, -0.2) is 4.98 Å². The minimum atomic E-state index is -4.27. The van der Waals surface area contributed by atoms with Crippen molar-refractivity contribution in [3.8, 4) is 0 Å². The van der Waals surface area contributed by atoms with Crippen LogP contribution in [0.5, 0.6) is 0 Å². The van der Waals surface area contributed by atoms with Crippen LogP contribution in [0.3, 0.4) is 0 Å². The van der Waals surface area contributed by atoms with Gasteiger partial charge in [0.15, 0.2) is 0 Å². The van der Waals surface area contributed by atoms with E-state index in [1.54, 1.807) is 12.1 Å². The van der Waals surface area contributed by atoms with Gasteiger partial charge in [-0.3, -0.25) is 4.90 Å². The van der Waals surface area contributed by atoms with E-state index in [-0.39, 0.29) is 0 Å². The van der Waals surface area contributed by atoms with Crippen molar-refractivity contribution in [2.75, 3.05) is 13.1 Å². The van der Waals surface area contributed by atoms with Crippen LogP contribution in [-0.4, -0.2) is 27.5 Å². The molecule has 6 heteroatoms. The summed E-state index contributed by atoms with van der Waals surface area (Å²) in [6.07, 6.45) is 9.64. The Balaban J connectivity index is 1.42. The molecule has 0 atom stereocenters. The molecule has 2 heterocycles. The van der Waals surface area contributed by atoms with Crippen LogP contribution in [0.15, 0.2) is 36.4 Å². The number of benzene rings is 1. The van der Waals surface area contributed by atoms with E-state index in [0.29, 0.717) is 5.92 Å². The van der Waals surface area contributed by atoms with Gasteiger partial charge in [0.1, 0.15) is 5.82 Å². The first kappa shape index (κ1) is 20.9. The summed E-state index contributed by atoms with van der Waals surface area (Å²) in [6.45, 7) is 2.65. The van der Waals surface area contributed by atoms with E-state index in [1.165, 1.54) is 12.1 Å². The molecule has 2 aliphatic rings. The summed E-state index contributed by atoms with van der Waals surface area (Å²) < 4.78 is 40.5. The quantitative estimate of drug-likeness (QED) is 0.752. The van der Waals surface area contributed by atoms with E-state index < -0.39 is 11.7 Å². The largest absolute Gasteiger partial charge is 0.416 e. The standard InChI is InChI=1S/C24H28F3N3/c1-29-22-8-6-4-2-3-5-7-21(22)28-23(29)17-30-15-13-19(14-16-30)18-9-11-20(12-10-18)24(25,26)27/h4,6-12,19H,2-3,5,13-17H2,1H3/b6-4-,21-7+,22-8+. The van der Waals surface area contributed by atoms with E-state index in [1.807, 2.05) is 0 Å². The van der Waals surface area contributed by atoms with Crippen LogP contribution < -0.4 is 10.7 Å². The molecule has 1 aromatic heterocycles. The molecule has 1 aliphatic carbocycles. The molecule has 1 fully saturated rings. The molecule has 4 rings (SSSR count). The molecule has 3 nitrogen and oxygen atoms in total. The molecule has 0 N–H and O–H groups in total. The van der Waals surface area contributed by atoms with Gasteiger partial charge in [-0.05, 0) is 74.9 Å². The van der Waals surface area contributed by atoms with Crippen molar-refractivity contribution in [1.82, 2.24) is 14.5 Å². The molecular weight excluding hydrogens is 387 g/mol. The highest BCUT2D eigenvalue weighted by Crippen LogP contribution is 2.33. The fourth-order valence-electron chi connectivity index (χ4n) is 4.37. The number of nitrogens with zero attached hydrogens (tertiary/aromatic N) is 3. The number of fused-ring (bicyclic) bond motifs is 1. The molecule has 160 valence electrons. The average Bonchev–Trinajstić information content (AvgIpc) is 3.07. The van der Waals surface area contributed by atoms with Gasteiger partial charge in [0.05, 0.1) is 22.8 Å². The van der Waals surface area contributed by atoms with Crippen molar-refractivity contribution in [3.05, 3.63) is 64.1 Å². The van der Waals surface area contributed by atoms with Crippen molar-refractivity contribution >= 4 is 12.2 Å². The second-order valence-corrected chi connectivity index (χ2v) is 8.26. The molecular formula is C24H28F3N3. The molecule has 1 saturated heterocycles. The zero-order chi connectivity index (χ0) is 21.1. The lowest BCUT2D eigenvalue weighted by Gasteiger charge is -2.32. The summed E-state index contributed by atoms with van der Waals surface area (Å²) in [4.78, 5) is 7.29. The summed E-state index contributed by atoms with van der Waals surface area (Å²) in [5, 5.41) is 2.22. The summed E-state index contributed by atoms with van der Waals surface area (Å²) >= 11 is 0. The molecule has 0 unspecified atom stereocenters. The van der Waals surface area contributed by atoms with Gasteiger partial charge in [0, 0.05) is 7.05 Å². The maximum atomic E-state index is 12.8. The van der Waals surface area contributed by atoms with Gasteiger partial charge in [-0.1, -0.05) is 30.4 Å². The van der Waals surface area contributed by atoms with Gasteiger partial charge in [-0.15, -0.1) is 0 Å². The number of likely N-dealkylation sites (tertiary alicyclic amines) is 1. The number of allylic oxidation sites excluding steroid dienone is 2. The lowest BCUT2D eigenvalue weighted by molar-refractivity contribution is -0.137. The van der Waals surface area contributed by atoms with Crippen LogP contribution in [0.2, 0.25) is 0 Å². The lowest BCUT2D eigenvalue weighted by Crippen LogP contribution is -2.34. The highest BCUT2D eigenvalue weighted by atomic mass is 19.4. The third-order valence-electron chi connectivity index (χ3n) is 6.23. The number of halogens is 3. The van der Waals surface area contributed by atoms with E-state index in [4.69, 9.17) is 4.98 Å². The summed E-state index contributed by atoms with van der Waals surface area (Å²) in [7, 11) is 2.08. The Morgan fingerprint density at radius 1 is 1.07 bits per heavy atom. The number of imidazole rings is 1. The number of hydrogen-bond donors (Lipinski definition) is 0. The van der Waals surface area contributed by atoms with Crippen LogP contribution in [-0.2, 0) is 19.8 Å². The molecule has 1 aliphatic heterocycles. The van der Waals surface area contributed by atoms with Crippen LogP contribution in [0.4, 0.5) is 13.2 Å². The predicted molar refractivity (Wildman–Crippen MR) is 113 cm³/mol. The lowest BCUT2D eigenvalue weighted by atomic mass is 9.89. The maximum absolute atomic E-state index is 12.8. The Morgan fingerprint density at radius 3 is 2.50 bits per heavy atom. The first-order valence-electron chi connectivity index (χ1n) is 10.7. The van der Waals surface area contributed by atoms with Crippen molar-refractivity contribution in [1.29, 1.82) is 0 Å². The SMILES string of the molecule is Cn1c(CN2CCC(c3ccc(C(F)(F)F)cc3)CC2)nc2/c1=C\C=C/CCC\C=2. The Kier molecular flexibility index (Phi) is 6.14. The third-order valence-corrected chi connectivity index (χ3v) is 6.23. The van der Waals surface area contributed by atoms with Crippen LogP contribution >= 0.6 is 0 Å². The van der Waals surface area contributed by atoms with Crippen molar-refractivity contribution < 1.29 is 13.2 Å². The Bertz CT molecular complexity index is 1010. The molecule has 0 saturated carbocycles. The first-order chi connectivity index (χ1) is 14.4. The minimum Gasteiger partial charge on any atom is -0.330 e. The Morgan fingerprint density at radius 2 is 1.80 bits per heavy atom. The second-order valence-electron chi connectivity index (χ2n) is 8.26. The Labute approximate surface area is 175 Å². The number of hydrogen-bond acceptors (Lipinski definition) is 2. The highest BCUT2D eigenvalue weighted by Gasteiger charge is 2.30. The van der Waals surface area contributed by atoms with E-state index >= 15 is 0 Å². The Hall–Kier alpha value is -2.34. The van der Waals surface area contributed by atoms with Crippen molar-refractivity contribution in [2.45, 2.75) is 50.7 Å². The normalized spacial score (nSPS) is 22.0. The highest BCUT2D eigenvalue weighted by molar-refractivity contribution is 5.37. The number of alkyl halides is 3. The minimum absolute atomic E-state index is 0.320. The predicted octanol–water partition coefficient (Wildman–Crippen LogP) is 4.12. The zero-order valence-corrected chi connectivity index (χ0v) is 17.3. The van der Waals surface area contributed by atoms with Gasteiger partial charge >= 0.3 is 6.18 Å². The third kappa shape index (κ3) is 4.69. The fourth-order valence-corrected chi connectivity index (χ4v) is 4.37. The molecule has 30 heavy (non-hydrogen) atoms. The number of rotatable bonds is 3.